The Labute approximate surface area is 112 Å². The standard InChI is InChI=1S/C16H29NO/c1-15(7-5-8-15)13-17-12-14-6-11-16(18-14)9-3-2-4-10-16/h14,17H,2-13H2,1H3. The van der Waals surface area contributed by atoms with Gasteiger partial charge in [0.15, 0.2) is 0 Å². The molecule has 0 bridgehead atoms. The summed E-state index contributed by atoms with van der Waals surface area (Å²) >= 11 is 0. The Balaban J connectivity index is 1.39. The van der Waals surface area contributed by atoms with E-state index >= 15 is 0 Å². The Hall–Kier alpha value is -0.0800. The lowest BCUT2D eigenvalue weighted by atomic mass is 9.70. The fourth-order valence-corrected chi connectivity index (χ4v) is 4.10. The fourth-order valence-electron chi connectivity index (χ4n) is 4.10. The first kappa shape index (κ1) is 12.9. The molecule has 0 aromatic carbocycles. The van der Waals surface area contributed by atoms with Gasteiger partial charge in [0.05, 0.1) is 11.7 Å². The van der Waals surface area contributed by atoms with Crippen molar-refractivity contribution in [2.24, 2.45) is 5.41 Å². The van der Waals surface area contributed by atoms with Crippen LogP contribution in [0.2, 0.25) is 0 Å². The maximum absolute atomic E-state index is 6.39. The van der Waals surface area contributed by atoms with Crippen LogP contribution in [0.5, 0.6) is 0 Å². The van der Waals surface area contributed by atoms with Crippen molar-refractivity contribution in [3.05, 3.63) is 0 Å². The van der Waals surface area contributed by atoms with E-state index in [0.717, 1.165) is 6.54 Å². The smallest absolute Gasteiger partial charge is 0.0708 e. The third-order valence-corrected chi connectivity index (χ3v) is 5.59. The zero-order valence-corrected chi connectivity index (χ0v) is 12.0. The van der Waals surface area contributed by atoms with Crippen molar-refractivity contribution in [2.75, 3.05) is 13.1 Å². The molecule has 2 heteroatoms. The van der Waals surface area contributed by atoms with Crippen LogP contribution in [0.1, 0.15) is 71.1 Å². The highest BCUT2D eigenvalue weighted by molar-refractivity contribution is 4.92. The molecule has 1 heterocycles. The Bertz CT molecular complexity index is 279. The Morgan fingerprint density at radius 2 is 1.78 bits per heavy atom. The van der Waals surface area contributed by atoms with E-state index in [1.807, 2.05) is 0 Å². The van der Waals surface area contributed by atoms with Gasteiger partial charge in [-0.2, -0.15) is 0 Å². The third-order valence-electron chi connectivity index (χ3n) is 5.59. The molecule has 3 aliphatic rings. The molecule has 3 rings (SSSR count). The maximum atomic E-state index is 6.39. The van der Waals surface area contributed by atoms with E-state index in [4.69, 9.17) is 4.74 Å². The van der Waals surface area contributed by atoms with Gasteiger partial charge in [0.25, 0.3) is 0 Å². The van der Waals surface area contributed by atoms with E-state index in [-0.39, 0.29) is 0 Å². The van der Waals surface area contributed by atoms with Gasteiger partial charge in [-0.3, -0.25) is 0 Å². The predicted octanol–water partition coefficient (Wildman–Crippen LogP) is 3.65. The van der Waals surface area contributed by atoms with Crippen LogP contribution in [0.4, 0.5) is 0 Å². The highest BCUT2D eigenvalue weighted by atomic mass is 16.5. The summed E-state index contributed by atoms with van der Waals surface area (Å²) in [4.78, 5) is 0. The molecule has 18 heavy (non-hydrogen) atoms. The summed E-state index contributed by atoms with van der Waals surface area (Å²) in [5, 5.41) is 3.67. The number of hydrogen-bond donors (Lipinski definition) is 1. The highest BCUT2D eigenvalue weighted by Crippen LogP contribution is 2.42. The average molecular weight is 251 g/mol. The number of nitrogens with one attached hydrogen (secondary N) is 1. The SMILES string of the molecule is CC1(CNCC2CCC3(CCCCC3)O2)CCC1. The average Bonchev–Trinajstić information content (AvgIpc) is 2.71. The van der Waals surface area contributed by atoms with Gasteiger partial charge in [-0.05, 0) is 43.9 Å². The Morgan fingerprint density at radius 3 is 2.44 bits per heavy atom. The molecule has 1 spiro atoms. The van der Waals surface area contributed by atoms with Gasteiger partial charge in [-0.1, -0.05) is 32.6 Å². The van der Waals surface area contributed by atoms with Crippen LogP contribution in [-0.2, 0) is 4.74 Å². The van der Waals surface area contributed by atoms with Gasteiger partial charge in [0, 0.05) is 13.1 Å². The summed E-state index contributed by atoms with van der Waals surface area (Å²) in [6, 6.07) is 0. The summed E-state index contributed by atoms with van der Waals surface area (Å²) in [5.41, 5.74) is 0.895. The summed E-state index contributed by atoms with van der Waals surface area (Å²) in [7, 11) is 0. The van der Waals surface area contributed by atoms with Gasteiger partial charge in [-0.15, -0.1) is 0 Å². The lowest BCUT2D eigenvalue weighted by Gasteiger charge is -2.39. The van der Waals surface area contributed by atoms with Crippen molar-refractivity contribution in [3.8, 4) is 0 Å². The van der Waals surface area contributed by atoms with E-state index in [9.17, 15) is 0 Å². The highest BCUT2D eigenvalue weighted by Gasteiger charge is 2.40. The number of hydrogen-bond acceptors (Lipinski definition) is 2. The van der Waals surface area contributed by atoms with E-state index < -0.39 is 0 Å². The minimum absolute atomic E-state index is 0.297. The van der Waals surface area contributed by atoms with E-state index in [1.54, 1.807) is 0 Å². The van der Waals surface area contributed by atoms with Crippen molar-refractivity contribution in [2.45, 2.75) is 82.8 Å². The van der Waals surface area contributed by atoms with Gasteiger partial charge in [0.2, 0.25) is 0 Å². The normalized spacial score (nSPS) is 33.5. The molecule has 104 valence electrons. The fraction of sp³-hybridized carbons (Fsp3) is 1.00. The molecule has 0 aromatic rings. The molecule has 1 aliphatic heterocycles. The first-order valence-electron chi connectivity index (χ1n) is 8.08. The van der Waals surface area contributed by atoms with Crippen LogP contribution in [0, 0.1) is 5.41 Å². The molecule has 2 aliphatic carbocycles. The molecule has 1 atom stereocenters. The van der Waals surface area contributed by atoms with Gasteiger partial charge in [0.1, 0.15) is 0 Å². The quantitative estimate of drug-likeness (QED) is 0.823. The van der Waals surface area contributed by atoms with Crippen molar-refractivity contribution in [1.82, 2.24) is 5.32 Å². The molecule has 1 unspecified atom stereocenters. The lowest BCUT2D eigenvalue weighted by molar-refractivity contribution is -0.0631. The molecule has 1 N–H and O–H groups in total. The Kier molecular flexibility index (Phi) is 3.68. The van der Waals surface area contributed by atoms with E-state index in [1.165, 1.54) is 70.8 Å². The van der Waals surface area contributed by atoms with Crippen molar-refractivity contribution in [3.63, 3.8) is 0 Å². The van der Waals surface area contributed by atoms with Crippen molar-refractivity contribution >= 4 is 0 Å². The van der Waals surface area contributed by atoms with Gasteiger partial charge >= 0.3 is 0 Å². The van der Waals surface area contributed by atoms with Crippen molar-refractivity contribution < 1.29 is 4.74 Å². The molecule has 1 saturated heterocycles. The number of ether oxygens (including phenoxy) is 1. The second-order valence-corrected chi connectivity index (χ2v) is 7.32. The van der Waals surface area contributed by atoms with Crippen LogP contribution in [0.15, 0.2) is 0 Å². The second-order valence-electron chi connectivity index (χ2n) is 7.32. The monoisotopic (exact) mass is 251 g/mol. The van der Waals surface area contributed by atoms with Gasteiger partial charge < -0.3 is 10.1 Å². The van der Waals surface area contributed by atoms with Crippen LogP contribution in [-0.4, -0.2) is 24.8 Å². The van der Waals surface area contributed by atoms with Crippen LogP contribution in [0.25, 0.3) is 0 Å². The third kappa shape index (κ3) is 2.75. The summed E-state index contributed by atoms with van der Waals surface area (Å²) in [6.45, 7) is 4.69. The Morgan fingerprint density at radius 1 is 1.00 bits per heavy atom. The first-order chi connectivity index (χ1) is 8.70. The number of rotatable bonds is 4. The summed E-state index contributed by atoms with van der Waals surface area (Å²) in [6.07, 6.45) is 14.2. The second kappa shape index (κ2) is 5.13. The molecule has 0 amide bonds. The van der Waals surface area contributed by atoms with Crippen LogP contribution < -0.4 is 5.32 Å². The minimum Gasteiger partial charge on any atom is -0.370 e. The van der Waals surface area contributed by atoms with Gasteiger partial charge in [-0.25, -0.2) is 0 Å². The zero-order chi connectivity index (χ0) is 12.5. The largest absolute Gasteiger partial charge is 0.370 e. The lowest BCUT2D eigenvalue weighted by Crippen LogP contribution is -2.41. The molecular formula is C16H29NO. The van der Waals surface area contributed by atoms with Crippen LogP contribution >= 0.6 is 0 Å². The summed E-state index contributed by atoms with van der Waals surface area (Å²) in [5.74, 6) is 0. The first-order valence-corrected chi connectivity index (χ1v) is 8.08. The maximum Gasteiger partial charge on any atom is 0.0708 e. The molecule has 2 nitrogen and oxygen atoms in total. The molecule has 0 radical (unpaired) electrons. The topological polar surface area (TPSA) is 21.3 Å². The van der Waals surface area contributed by atoms with Crippen LogP contribution in [0.3, 0.4) is 0 Å². The molecule has 2 saturated carbocycles. The minimum atomic E-state index is 0.297. The zero-order valence-electron chi connectivity index (χ0n) is 12.0. The molecule has 3 fully saturated rings. The summed E-state index contributed by atoms with van der Waals surface area (Å²) < 4.78 is 6.39. The molecule has 0 aromatic heterocycles. The van der Waals surface area contributed by atoms with E-state index in [0.29, 0.717) is 17.1 Å². The predicted molar refractivity (Wildman–Crippen MR) is 74.8 cm³/mol. The van der Waals surface area contributed by atoms with E-state index in [2.05, 4.69) is 12.2 Å². The van der Waals surface area contributed by atoms with Crippen molar-refractivity contribution in [1.29, 1.82) is 0 Å². The molecular weight excluding hydrogens is 222 g/mol.